The maximum atomic E-state index is 14.3. The van der Waals surface area contributed by atoms with Crippen LogP contribution >= 0.6 is 0 Å². The number of sulfonamides is 1. The summed E-state index contributed by atoms with van der Waals surface area (Å²) >= 11 is 0. The molecular weight excluding hydrogens is 457 g/mol. The maximum absolute atomic E-state index is 14.3. The molecule has 0 unspecified atom stereocenters. The van der Waals surface area contributed by atoms with Gasteiger partial charge >= 0.3 is 0 Å². The minimum Gasteiger partial charge on any atom is -0.350 e. The van der Waals surface area contributed by atoms with Crippen LogP contribution in [0.25, 0.3) is 0 Å². The van der Waals surface area contributed by atoms with Crippen LogP contribution in [-0.2, 0) is 26.2 Å². The molecule has 2 rings (SSSR count). The van der Waals surface area contributed by atoms with E-state index in [9.17, 15) is 22.4 Å². The summed E-state index contributed by atoms with van der Waals surface area (Å²) in [5.74, 6) is -1.16. The zero-order valence-corrected chi connectivity index (χ0v) is 21.2. The highest BCUT2D eigenvalue weighted by atomic mass is 32.2. The normalized spacial score (nSPS) is 12.9. The topological polar surface area (TPSA) is 86.8 Å². The fourth-order valence-electron chi connectivity index (χ4n) is 3.36. The van der Waals surface area contributed by atoms with Crippen molar-refractivity contribution < 1.29 is 22.4 Å². The molecule has 0 aromatic heterocycles. The third-order valence-corrected chi connectivity index (χ3v) is 7.15. The molecule has 0 bridgehead atoms. The molecule has 2 amide bonds. The second-order valence-electron chi connectivity index (χ2n) is 9.27. The first kappa shape index (κ1) is 27.5. The summed E-state index contributed by atoms with van der Waals surface area (Å²) in [5, 5.41) is 2.85. The van der Waals surface area contributed by atoms with Crippen LogP contribution in [0.4, 0.5) is 4.39 Å². The van der Waals surface area contributed by atoms with Crippen molar-refractivity contribution in [3.8, 4) is 0 Å². The number of carbonyl (C=O) groups is 2. The summed E-state index contributed by atoms with van der Waals surface area (Å²) in [6, 6.07) is 13.3. The molecule has 0 fully saturated rings. The molecule has 0 saturated carbocycles. The van der Waals surface area contributed by atoms with Gasteiger partial charge in [0.05, 0.1) is 4.90 Å². The van der Waals surface area contributed by atoms with Crippen LogP contribution in [0.3, 0.4) is 0 Å². The van der Waals surface area contributed by atoms with Crippen LogP contribution in [0.2, 0.25) is 0 Å². The summed E-state index contributed by atoms with van der Waals surface area (Å²) < 4.78 is 40.9. The number of benzene rings is 2. The van der Waals surface area contributed by atoms with Gasteiger partial charge in [0, 0.05) is 37.7 Å². The molecule has 2 aromatic carbocycles. The third-order valence-electron chi connectivity index (χ3n) is 5.28. The number of rotatable bonds is 10. The van der Waals surface area contributed by atoms with Crippen molar-refractivity contribution >= 4 is 21.8 Å². The summed E-state index contributed by atoms with van der Waals surface area (Å²) in [6.45, 7) is 7.17. The van der Waals surface area contributed by atoms with E-state index in [-0.39, 0.29) is 42.6 Å². The number of nitrogens with one attached hydrogen (secondary N) is 1. The molecule has 0 radical (unpaired) electrons. The second-order valence-corrected chi connectivity index (χ2v) is 11.3. The number of amides is 2. The predicted molar refractivity (Wildman–Crippen MR) is 130 cm³/mol. The van der Waals surface area contributed by atoms with Gasteiger partial charge < -0.3 is 10.2 Å². The minimum absolute atomic E-state index is 0.0102. The van der Waals surface area contributed by atoms with E-state index in [4.69, 9.17) is 0 Å². The van der Waals surface area contributed by atoms with E-state index < -0.39 is 27.4 Å². The average Bonchev–Trinajstić information content (AvgIpc) is 2.77. The van der Waals surface area contributed by atoms with Gasteiger partial charge in [0.15, 0.2) is 0 Å². The molecule has 0 saturated heterocycles. The highest BCUT2D eigenvalue weighted by molar-refractivity contribution is 7.89. The van der Waals surface area contributed by atoms with Gasteiger partial charge in [0.1, 0.15) is 11.9 Å². The lowest BCUT2D eigenvalue weighted by Crippen LogP contribution is -2.52. The highest BCUT2D eigenvalue weighted by Gasteiger charge is 2.29. The fourth-order valence-corrected chi connectivity index (χ4v) is 4.59. The lowest BCUT2D eigenvalue weighted by molar-refractivity contribution is -0.141. The van der Waals surface area contributed by atoms with E-state index in [0.29, 0.717) is 5.56 Å². The molecule has 0 aliphatic rings. The third kappa shape index (κ3) is 7.63. The first-order chi connectivity index (χ1) is 15.8. The van der Waals surface area contributed by atoms with E-state index in [2.05, 4.69) is 5.32 Å². The predicted octanol–water partition coefficient (Wildman–Crippen LogP) is 3.56. The van der Waals surface area contributed by atoms with Crippen LogP contribution in [0.15, 0.2) is 59.5 Å². The van der Waals surface area contributed by atoms with E-state index in [1.807, 2.05) is 20.8 Å². The van der Waals surface area contributed by atoms with E-state index in [0.717, 1.165) is 0 Å². The Morgan fingerprint density at radius 1 is 1.03 bits per heavy atom. The van der Waals surface area contributed by atoms with Crippen LogP contribution in [0.5, 0.6) is 0 Å². The molecule has 186 valence electrons. The quantitative estimate of drug-likeness (QED) is 0.551. The standard InChI is InChI=1S/C25H34FN3O4S/c1-19(24(31)27-25(2,3)4)29(18-20-12-9-10-15-22(20)26)23(30)16-11-17-28(5)34(32,33)21-13-7-6-8-14-21/h6-10,12-15,19H,11,16-18H2,1-5H3,(H,27,31)/t19-/m0/s1. The highest BCUT2D eigenvalue weighted by Crippen LogP contribution is 2.17. The molecule has 2 aromatic rings. The monoisotopic (exact) mass is 491 g/mol. The van der Waals surface area contributed by atoms with Crippen molar-refractivity contribution in [1.82, 2.24) is 14.5 Å². The van der Waals surface area contributed by atoms with Crippen LogP contribution in [0.1, 0.15) is 46.1 Å². The van der Waals surface area contributed by atoms with E-state index in [1.165, 1.54) is 34.5 Å². The van der Waals surface area contributed by atoms with Crippen molar-refractivity contribution in [2.24, 2.45) is 0 Å². The van der Waals surface area contributed by atoms with Crippen molar-refractivity contribution in [3.63, 3.8) is 0 Å². The lowest BCUT2D eigenvalue weighted by Gasteiger charge is -2.31. The Labute approximate surface area is 202 Å². The Balaban J connectivity index is 2.11. The van der Waals surface area contributed by atoms with Crippen molar-refractivity contribution in [1.29, 1.82) is 0 Å². The molecule has 9 heteroatoms. The van der Waals surface area contributed by atoms with Gasteiger partial charge in [-0.25, -0.2) is 17.1 Å². The van der Waals surface area contributed by atoms with Crippen LogP contribution in [-0.4, -0.2) is 54.6 Å². The first-order valence-corrected chi connectivity index (χ1v) is 12.6. The second kappa shape index (κ2) is 11.6. The van der Waals surface area contributed by atoms with Crippen LogP contribution < -0.4 is 5.32 Å². The van der Waals surface area contributed by atoms with Crippen LogP contribution in [0, 0.1) is 5.82 Å². The van der Waals surface area contributed by atoms with Gasteiger partial charge in [-0.15, -0.1) is 0 Å². The molecule has 7 nitrogen and oxygen atoms in total. The molecule has 1 atom stereocenters. The summed E-state index contributed by atoms with van der Waals surface area (Å²) in [7, 11) is -2.21. The molecule has 34 heavy (non-hydrogen) atoms. The molecule has 1 N–H and O–H groups in total. The zero-order valence-electron chi connectivity index (χ0n) is 20.4. The number of hydrogen-bond acceptors (Lipinski definition) is 4. The molecule has 0 aliphatic carbocycles. The fraction of sp³-hybridized carbons (Fsp3) is 0.440. The van der Waals surface area contributed by atoms with E-state index >= 15 is 0 Å². The van der Waals surface area contributed by atoms with Gasteiger partial charge in [-0.3, -0.25) is 9.59 Å². The Bertz CT molecular complexity index is 1080. The SMILES string of the molecule is C[C@@H](C(=O)NC(C)(C)C)N(Cc1ccccc1F)C(=O)CCCN(C)S(=O)(=O)c1ccccc1. The number of nitrogens with zero attached hydrogens (tertiary/aromatic N) is 2. The average molecular weight is 492 g/mol. The molecule has 0 aliphatic heterocycles. The summed E-state index contributed by atoms with van der Waals surface area (Å²) in [6.07, 6.45) is 0.263. The maximum Gasteiger partial charge on any atom is 0.242 e. The number of carbonyl (C=O) groups excluding carboxylic acids is 2. The number of halogens is 1. The van der Waals surface area contributed by atoms with Gasteiger partial charge in [-0.1, -0.05) is 36.4 Å². The Kier molecular flexibility index (Phi) is 9.35. The Hall–Kier alpha value is -2.78. The summed E-state index contributed by atoms with van der Waals surface area (Å²) in [4.78, 5) is 27.4. The van der Waals surface area contributed by atoms with Gasteiger partial charge in [0.25, 0.3) is 0 Å². The Morgan fingerprint density at radius 3 is 2.21 bits per heavy atom. The zero-order chi connectivity index (χ0) is 25.5. The Morgan fingerprint density at radius 2 is 1.62 bits per heavy atom. The molecule has 0 heterocycles. The largest absolute Gasteiger partial charge is 0.350 e. The smallest absolute Gasteiger partial charge is 0.242 e. The first-order valence-electron chi connectivity index (χ1n) is 11.2. The minimum atomic E-state index is -3.67. The summed E-state index contributed by atoms with van der Waals surface area (Å²) in [5.41, 5.74) is -0.193. The van der Waals surface area contributed by atoms with Crippen molar-refractivity contribution in [3.05, 3.63) is 66.0 Å². The molecule has 0 spiro atoms. The van der Waals surface area contributed by atoms with Crippen molar-refractivity contribution in [2.75, 3.05) is 13.6 Å². The lowest BCUT2D eigenvalue weighted by atomic mass is 10.1. The van der Waals surface area contributed by atoms with Crippen molar-refractivity contribution in [2.45, 2.75) is 63.6 Å². The van der Waals surface area contributed by atoms with Gasteiger partial charge in [-0.05, 0) is 52.3 Å². The van der Waals surface area contributed by atoms with Gasteiger partial charge in [0.2, 0.25) is 21.8 Å². The number of hydrogen-bond donors (Lipinski definition) is 1. The van der Waals surface area contributed by atoms with E-state index in [1.54, 1.807) is 43.3 Å². The molecular formula is C25H34FN3O4S. The van der Waals surface area contributed by atoms with Gasteiger partial charge in [-0.2, -0.15) is 0 Å².